The van der Waals surface area contributed by atoms with Crippen LogP contribution in [0.3, 0.4) is 0 Å². The predicted octanol–water partition coefficient (Wildman–Crippen LogP) is 2.25. The van der Waals surface area contributed by atoms with Crippen LogP contribution in [0.15, 0.2) is 29.7 Å². The monoisotopic (exact) mass is 374 g/mol. The number of H-pyrrole nitrogens is 1. The summed E-state index contributed by atoms with van der Waals surface area (Å²) in [7, 11) is 0. The second-order valence-corrected chi connectivity index (χ2v) is 7.54. The minimum absolute atomic E-state index is 0.0242. The lowest BCUT2D eigenvalue weighted by molar-refractivity contribution is -0.117. The van der Waals surface area contributed by atoms with Crippen molar-refractivity contribution in [1.82, 2.24) is 25.6 Å². The number of nitrogens with zero attached hydrogens (tertiary/aromatic N) is 3. The summed E-state index contributed by atoms with van der Waals surface area (Å²) in [6.45, 7) is 6.78. The zero-order valence-corrected chi connectivity index (χ0v) is 16.1. The van der Waals surface area contributed by atoms with Gasteiger partial charge in [0.2, 0.25) is 0 Å². The Morgan fingerprint density at radius 3 is 3.19 bits per heavy atom. The molecule has 1 aliphatic rings. The van der Waals surface area contributed by atoms with Crippen molar-refractivity contribution in [2.24, 2.45) is 0 Å². The summed E-state index contributed by atoms with van der Waals surface area (Å²) in [5.74, 6) is 1.65. The molecule has 0 saturated heterocycles. The van der Waals surface area contributed by atoms with Crippen molar-refractivity contribution in [3.63, 3.8) is 0 Å². The molecule has 3 N–H and O–H groups in total. The third kappa shape index (κ3) is 4.56. The second kappa shape index (κ2) is 9.05. The van der Waals surface area contributed by atoms with Crippen LogP contribution in [0.5, 0.6) is 0 Å². The maximum atomic E-state index is 12.6. The van der Waals surface area contributed by atoms with E-state index < -0.39 is 0 Å². The highest BCUT2D eigenvalue weighted by molar-refractivity contribution is 8.04. The van der Waals surface area contributed by atoms with Crippen LogP contribution in [0.25, 0.3) is 11.0 Å². The number of nitrogens with one attached hydrogen (secondary N) is 3. The van der Waals surface area contributed by atoms with Gasteiger partial charge in [0.1, 0.15) is 17.8 Å². The molecule has 2 aromatic rings. The molecule has 8 heteroatoms. The van der Waals surface area contributed by atoms with Crippen LogP contribution in [-0.4, -0.2) is 52.3 Å². The van der Waals surface area contributed by atoms with Crippen molar-refractivity contribution in [1.29, 1.82) is 0 Å². The minimum atomic E-state index is -0.0242. The van der Waals surface area contributed by atoms with Crippen molar-refractivity contribution >= 4 is 34.5 Å². The maximum Gasteiger partial charge on any atom is 0.259 e. The van der Waals surface area contributed by atoms with Gasteiger partial charge in [0.25, 0.3) is 5.91 Å². The molecule has 1 atom stereocenters. The molecule has 0 spiro atoms. The Morgan fingerprint density at radius 1 is 1.46 bits per heavy atom. The highest BCUT2D eigenvalue weighted by Crippen LogP contribution is 2.28. The maximum absolute atomic E-state index is 12.6. The van der Waals surface area contributed by atoms with Gasteiger partial charge in [0.15, 0.2) is 0 Å². The van der Waals surface area contributed by atoms with Gasteiger partial charge in [-0.2, -0.15) is 0 Å². The van der Waals surface area contributed by atoms with Crippen LogP contribution in [0.4, 0.5) is 5.82 Å². The molecule has 3 heterocycles. The third-order valence-corrected chi connectivity index (χ3v) is 5.22. The number of amides is 1. The summed E-state index contributed by atoms with van der Waals surface area (Å²) in [6.07, 6.45) is 7.63. The summed E-state index contributed by atoms with van der Waals surface area (Å²) < 4.78 is 0. The number of aromatic amines is 1. The van der Waals surface area contributed by atoms with E-state index in [1.807, 2.05) is 30.3 Å². The summed E-state index contributed by atoms with van der Waals surface area (Å²) in [6, 6.07) is 2.05. The van der Waals surface area contributed by atoms with E-state index in [1.165, 1.54) is 6.42 Å². The first kappa shape index (κ1) is 18.7. The fourth-order valence-corrected chi connectivity index (χ4v) is 3.74. The molecule has 0 aliphatic carbocycles. The van der Waals surface area contributed by atoms with Crippen LogP contribution < -0.4 is 15.5 Å². The Kier molecular flexibility index (Phi) is 6.51. The number of carbonyl (C=O) groups excluding carboxylic acids is 1. The first-order chi connectivity index (χ1) is 12.7. The topological polar surface area (TPSA) is 85.9 Å². The van der Waals surface area contributed by atoms with E-state index in [1.54, 1.807) is 18.1 Å². The quantitative estimate of drug-likeness (QED) is 0.615. The number of carbonyl (C=O) groups is 1. The number of hydrogen-bond acceptors (Lipinski definition) is 6. The minimum Gasteiger partial charge on any atom is -0.348 e. The molecule has 7 nitrogen and oxygen atoms in total. The Hall–Kier alpha value is -2.06. The van der Waals surface area contributed by atoms with E-state index in [4.69, 9.17) is 0 Å². The number of anilines is 1. The van der Waals surface area contributed by atoms with Gasteiger partial charge in [-0.05, 0) is 26.0 Å². The van der Waals surface area contributed by atoms with Crippen LogP contribution in [-0.2, 0) is 4.79 Å². The average Bonchev–Trinajstić information content (AvgIpc) is 3.14. The van der Waals surface area contributed by atoms with E-state index in [0.29, 0.717) is 0 Å². The lowest BCUT2D eigenvalue weighted by Gasteiger charge is -2.26. The first-order valence-electron chi connectivity index (χ1n) is 9.10. The van der Waals surface area contributed by atoms with Gasteiger partial charge in [0, 0.05) is 37.3 Å². The summed E-state index contributed by atoms with van der Waals surface area (Å²) >= 11 is 1.59. The standard InChI is InChI=1S/C18H26N6OS/c1-3-4-6-19-10-13(2)23-18(25)15-11-24(8-9-26-15)17-14-5-7-20-16(14)21-12-22-17/h5,7,11-13,19H,3-4,6,8-10H2,1-2H3,(H,23,25)(H,20,21,22). The average molecular weight is 375 g/mol. The molecule has 26 heavy (non-hydrogen) atoms. The normalized spacial score (nSPS) is 15.8. The predicted molar refractivity (Wildman–Crippen MR) is 107 cm³/mol. The summed E-state index contributed by atoms with van der Waals surface area (Å²) in [5, 5.41) is 7.41. The van der Waals surface area contributed by atoms with Crippen molar-refractivity contribution in [3.05, 3.63) is 29.7 Å². The molecular formula is C18H26N6OS. The molecule has 0 bridgehead atoms. The molecule has 1 aliphatic heterocycles. The number of hydrogen-bond donors (Lipinski definition) is 3. The van der Waals surface area contributed by atoms with E-state index >= 15 is 0 Å². The Morgan fingerprint density at radius 2 is 2.35 bits per heavy atom. The van der Waals surface area contributed by atoms with Gasteiger partial charge in [-0.3, -0.25) is 4.79 Å². The molecule has 3 rings (SSSR count). The zero-order chi connectivity index (χ0) is 18.4. The Bertz CT molecular complexity index is 774. The smallest absolute Gasteiger partial charge is 0.259 e. The molecular weight excluding hydrogens is 348 g/mol. The van der Waals surface area contributed by atoms with Gasteiger partial charge < -0.3 is 20.5 Å². The van der Waals surface area contributed by atoms with E-state index in [-0.39, 0.29) is 11.9 Å². The number of unbranched alkanes of at least 4 members (excludes halogenated alkanes) is 1. The van der Waals surface area contributed by atoms with E-state index in [9.17, 15) is 4.79 Å². The molecule has 0 saturated carbocycles. The largest absolute Gasteiger partial charge is 0.348 e. The van der Waals surface area contributed by atoms with Crippen LogP contribution in [0.2, 0.25) is 0 Å². The van der Waals surface area contributed by atoms with Crippen molar-refractivity contribution in [2.45, 2.75) is 32.7 Å². The lowest BCUT2D eigenvalue weighted by Crippen LogP contribution is -2.41. The summed E-state index contributed by atoms with van der Waals surface area (Å²) in [5.41, 5.74) is 0.805. The Labute approximate surface area is 158 Å². The summed E-state index contributed by atoms with van der Waals surface area (Å²) in [4.78, 5) is 27.1. The van der Waals surface area contributed by atoms with Gasteiger partial charge in [-0.1, -0.05) is 13.3 Å². The van der Waals surface area contributed by atoms with Gasteiger partial charge in [-0.25, -0.2) is 9.97 Å². The zero-order valence-electron chi connectivity index (χ0n) is 15.3. The van der Waals surface area contributed by atoms with Gasteiger partial charge in [-0.15, -0.1) is 11.8 Å². The molecule has 2 aromatic heterocycles. The van der Waals surface area contributed by atoms with Crippen molar-refractivity contribution < 1.29 is 4.79 Å². The van der Waals surface area contributed by atoms with E-state index in [0.717, 1.165) is 53.6 Å². The molecule has 1 unspecified atom stereocenters. The highest BCUT2D eigenvalue weighted by atomic mass is 32.2. The molecule has 0 aromatic carbocycles. The molecule has 1 amide bonds. The van der Waals surface area contributed by atoms with Crippen LogP contribution >= 0.6 is 11.8 Å². The third-order valence-electron chi connectivity index (χ3n) is 4.23. The molecule has 140 valence electrons. The van der Waals surface area contributed by atoms with Gasteiger partial charge in [0.05, 0.1) is 10.3 Å². The van der Waals surface area contributed by atoms with Crippen molar-refractivity contribution in [3.8, 4) is 0 Å². The van der Waals surface area contributed by atoms with Crippen LogP contribution in [0.1, 0.15) is 26.7 Å². The highest BCUT2D eigenvalue weighted by Gasteiger charge is 2.21. The van der Waals surface area contributed by atoms with Crippen molar-refractivity contribution in [2.75, 3.05) is 30.3 Å². The van der Waals surface area contributed by atoms with E-state index in [2.05, 4.69) is 32.5 Å². The fourth-order valence-electron chi connectivity index (χ4n) is 2.84. The SMILES string of the molecule is CCCCNCC(C)NC(=O)C1=CN(c2ncnc3[nH]ccc23)CCS1. The fraction of sp³-hybridized carbons (Fsp3) is 0.500. The van der Waals surface area contributed by atoms with Gasteiger partial charge >= 0.3 is 0 Å². The first-order valence-corrected chi connectivity index (χ1v) is 10.1. The number of fused-ring (bicyclic) bond motifs is 1. The Balaban J connectivity index is 1.64. The number of aromatic nitrogens is 3. The second-order valence-electron chi connectivity index (χ2n) is 6.40. The van der Waals surface area contributed by atoms with Crippen LogP contribution in [0, 0.1) is 0 Å². The number of rotatable bonds is 8. The molecule has 0 radical (unpaired) electrons. The number of thioether (sulfide) groups is 1. The molecule has 0 fully saturated rings. The lowest BCUT2D eigenvalue weighted by atomic mass is 10.3.